The number of nitro groups is 1. The average Bonchev–Trinajstić information content (AvgIpc) is 2.35. The smallest absolute Gasteiger partial charge is 0.267 e. The monoisotopic (exact) mass is 235 g/mol. The van der Waals surface area contributed by atoms with Gasteiger partial charge in [-0.3, -0.25) is 14.9 Å². The Morgan fingerprint density at radius 3 is 2.82 bits per heavy atom. The van der Waals surface area contributed by atoms with Crippen LogP contribution in [0.5, 0.6) is 0 Å². The molecule has 0 bridgehead atoms. The van der Waals surface area contributed by atoms with Crippen molar-refractivity contribution >= 4 is 17.3 Å². The highest BCUT2D eigenvalue weighted by Crippen LogP contribution is 2.12. The van der Waals surface area contributed by atoms with E-state index in [0.717, 1.165) is 12.1 Å². The molecule has 0 spiro atoms. The first kappa shape index (κ1) is 12.8. The van der Waals surface area contributed by atoms with Gasteiger partial charge in [-0.2, -0.15) is 5.10 Å². The minimum atomic E-state index is -0.544. The van der Waals surface area contributed by atoms with Gasteiger partial charge in [-0.05, 0) is 19.4 Å². The molecule has 1 aromatic rings. The van der Waals surface area contributed by atoms with Crippen LogP contribution in [0.15, 0.2) is 29.4 Å². The van der Waals surface area contributed by atoms with E-state index in [9.17, 15) is 14.9 Å². The fraction of sp³-hybridized carbons (Fsp3) is 0.273. The Morgan fingerprint density at radius 1 is 1.53 bits per heavy atom. The van der Waals surface area contributed by atoms with Crippen LogP contribution in [0.4, 0.5) is 5.69 Å². The second-order valence-corrected chi connectivity index (χ2v) is 3.45. The second kappa shape index (κ2) is 5.74. The number of rotatable bonds is 4. The number of carbonyl (C=O) groups is 1. The molecule has 17 heavy (non-hydrogen) atoms. The maximum absolute atomic E-state index is 11.6. The quantitative estimate of drug-likeness (QED) is 0.492. The van der Waals surface area contributed by atoms with Gasteiger partial charge >= 0.3 is 0 Å². The summed E-state index contributed by atoms with van der Waals surface area (Å²) in [5.74, 6) is -0.457. The van der Waals surface area contributed by atoms with Gasteiger partial charge in [0.2, 0.25) is 0 Å². The second-order valence-electron chi connectivity index (χ2n) is 3.45. The molecule has 0 aliphatic carbocycles. The highest BCUT2D eigenvalue weighted by atomic mass is 16.6. The fourth-order valence-electron chi connectivity index (χ4n) is 1.05. The van der Waals surface area contributed by atoms with Crippen LogP contribution in [0.1, 0.15) is 30.6 Å². The highest BCUT2D eigenvalue weighted by Gasteiger charge is 2.10. The van der Waals surface area contributed by atoms with E-state index in [1.807, 2.05) is 6.92 Å². The van der Waals surface area contributed by atoms with E-state index in [2.05, 4.69) is 10.5 Å². The van der Waals surface area contributed by atoms with Crippen LogP contribution in [0, 0.1) is 10.1 Å². The van der Waals surface area contributed by atoms with Gasteiger partial charge < -0.3 is 0 Å². The van der Waals surface area contributed by atoms with Gasteiger partial charge in [-0.15, -0.1) is 0 Å². The van der Waals surface area contributed by atoms with Crippen molar-refractivity contribution in [3.8, 4) is 0 Å². The summed E-state index contributed by atoms with van der Waals surface area (Å²) in [6.07, 6.45) is 0.731. The molecule has 0 aliphatic rings. The normalized spacial score (nSPS) is 11.1. The van der Waals surface area contributed by atoms with Crippen molar-refractivity contribution in [2.24, 2.45) is 5.10 Å². The van der Waals surface area contributed by atoms with Crippen LogP contribution in [-0.2, 0) is 0 Å². The van der Waals surface area contributed by atoms with Gasteiger partial charge in [0.15, 0.2) is 0 Å². The predicted octanol–water partition coefficient (Wildman–Crippen LogP) is 2.11. The molecule has 6 heteroatoms. The van der Waals surface area contributed by atoms with E-state index >= 15 is 0 Å². The lowest BCUT2D eigenvalue weighted by Crippen LogP contribution is -2.18. The van der Waals surface area contributed by atoms with E-state index in [1.54, 1.807) is 6.92 Å². The first-order valence-electron chi connectivity index (χ1n) is 5.12. The molecular weight excluding hydrogens is 222 g/mol. The van der Waals surface area contributed by atoms with Crippen LogP contribution in [0.25, 0.3) is 0 Å². The number of non-ortho nitro benzene ring substituents is 1. The molecule has 0 fully saturated rings. The van der Waals surface area contributed by atoms with E-state index in [1.165, 1.54) is 24.3 Å². The van der Waals surface area contributed by atoms with E-state index in [4.69, 9.17) is 0 Å². The van der Waals surface area contributed by atoms with Crippen molar-refractivity contribution in [3.63, 3.8) is 0 Å². The third kappa shape index (κ3) is 3.67. The largest absolute Gasteiger partial charge is 0.271 e. The lowest BCUT2D eigenvalue weighted by Gasteiger charge is -2.01. The molecule has 0 heterocycles. The summed E-state index contributed by atoms with van der Waals surface area (Å²) >= 11 is 0. The number of hydrogen-bond donors (Lipinski definition) is 1. The summed E-state index contributed by atoms with van der Waals surface area (Å²) in [5, 5.41) is 14.4. The molecule has 1 rings (SSSR count). The Morgan fingerprint density at radius 2 is 2.24 bits per heavy atom. The minimum Gasteiger partial charge on any atom is -0.267 e. The Balaban J connectivity index is 2.82. The third-order valence-electron chi connectivity index (χ3n) is 2.18. The maximum atomic E-state index is 11.6. The Kier molecular flexibility index (Phi) is 4.33. The molecule has 0 atom stereocenters. The van der Waals surface area contributed by atoms with Crippen molar-refractivity contribution in [3.05, 3.63) is 39.9 Å². The topological polar surface area (TPSA) is 84.6 Å². The molecule has 90 valence electrons. The average molecular weight is 235 g/mol. The molecule has 6 nitrogen and oxygen atoms in total. The SMILES string of the molecule is CC/C(C)=N\NC(=O)c1cccc([N+](=O)[O-])c1. The van der Waals surface area contributed by atoms with Crippen molar-refractivity contribution < 1.29 is 9.72 Å². The van der Waals surface area contributed by atoms with Crippen molar-refractivity contribution in [1.29, 1.82) is 0 Å². The number of nitrogens with one attached hydrogen (secondary N) is 1. The highest BCUT2D eigenvalue weighted by molar-refractivity contribution is 5.95. The first-order valence-corrected chi connectivity index (χ1v) is 5.12. The number of hydrogen-bond acceptors (Lipinski definition) is 4. The lowest BCUT2D eigenvalue weighted by atomic mass is 10.2. The molecule has 0 unspecified atom stereocenters. The Hall–Kier alpha value is -2.24. The van der Waals surface area contributed by atoms with Crippen molar-refractivity contribution in [2.75, 3.05) is 0 Å². The van der Waals surface area contributed by atoms with Crippen LogP contribution in [0.2, 0.25) is 0 Å². The summed E-state index contributed by atoms with van der Waals surface area (Å²) in [6.45, 7) is 3.70. The number of nitrogens with zero attached hydrogens (tertiary/aromatic N) is 2. The standard InChI is InChI=1S/C11H13N3O3/c1-3-8(2)12-13-11(15)9-5-4-6-10(7-9)14(16)17/h4-7H,3H2,1-2H3,(H,13,15)/b12-8-. The van der Waals surface area contributed by atoms with E-state index in [-0.39, 0.29) is 11.3 Å². The Bertz CT molecular complexity index is 469. The van der Waals surface area contributed by atoms with E-state index in [0.29, 0.717) is 0 Å². The predicted molar refractivity (Wildman–Crippen MR) is 64.0 cm³/mol. The van der Waals surface area contributed by atoms with Crippen molar-refractivity contribution in [1.82, 2.24) is 5.43 Å². The first-order chi connectivity index (χ1) is 8.04. The van der Waals surface area contributed by atoms with Gasteiger partial charge in [0.1, 0.15) is 0 Å². The molecule has 1 N–H and O–H groups in total. The molecule has 0 aromatic heterocycles. The molecular formula is C11H13N3O3. The summed E-state index contributed by atoms with van der Waals surface area (Å²) in [6, 6.07) is 5.51. The van der Waals surface area contributed by atoms with E-state index < -0.39 is 10.8 Å². The summed E-state index contributed by atoms with van der Waals surface area (Å²) in [4.78, 5) is 21.6. The van der Waals surface area contributed by atoms with Crippen LogP contribution in [-0.4, -0.2) is 16.5 Å². The zero-order valence-corrected chi connectivity index (χ0v) is 9.64. The molecule has 0 saturated heterocycles. The van der Waals surface area contributed by atoms with Gasteiger partial charge in [0.05, 0.1) is 4.92 Å². The molecule has 1 aromatic carbocycles. The van der Waals surface area contributed by atoms with Gasteiger partial charge in [-0.1, -0.05) is 13.0 Å². The fourth-order valence-corrected chi connectivity index (χ4v) is 1.05. The zero-order valence-electron chi connectivity index (χ0n) is 9.64. The molecule has 0 radical (unpaired) electrons. The number of nitro benzene ring substituents is 1. The number of carbonyl (C=O) groups excluding carboxylic acids is 1. The maximum Gasteiger partial charge on any atom is 0.271 e. The minimum absolute atomic E-state index is 0.117. The lowest BCUT2D eigenvalue weighted by molar-refractivity contribution is -0.384. The van der Waals surface area contributed by atoms with Crippen molar-refractivity contribution in [2.45, 2.75) is 20.3 Å². The van der Waals surface area contributed by atoms with Crippen LogP contribution < -0.4 is 5.43 Å². The van der Waals surface area contributed by atoms with Crippen LogP contribution in [0.3, 0.4) is 0 Å². The van der Waals surface area contributed by atoms with Gasteiger partial charge in [-0.25, -0.2) is 5.43 Å². The summed E-state index contributed by atoms with van der Waals surface area (Å²) < 4.78 is 0. The number of hydrazone groups is 1. The zero-order chi connectivity index (χ0) is 12.8. The summed E-state index contributed by atoms with van der Waals surface area (Å²) in [7, 11) is 0. The molecule has 1 amide bonds. The number of amides is 1. The number of benzene rings is 1. The molecule has 0 saturated carbocycles. The Labute approximate surface area is 98.5 Å². The third-order valence-corrected chi connectivity index (χ3v) is 2.18. The summed E-state index contributed by atoms with van der Waals surface area (Å²) in [5.41, 5.74) is 3.22. The van der Waals surface area contributed by atoms with Gasteiger partial charge in [0, 0.05) is 23.4 Å². The van der Waals surface area contributed by atoms with Gasteiger partial charge in [0.25, 0.3) is 11.6 Å². The molecule has 0 aliphatic heterocycles. The van der Waals surface area contributed by atoms with Crippen LogP contribution >= 0.6 is 0 Å².